The fourth-order valence-electron chi connectivity index (χ4n) is 8.78. The minimum absolute atomic E-state index is 0.0294. The molecule has 0 bridgehead atoms. The van der Waals surface area contributed by atoms with Crippen molar-refractivity contribution in [3.63, 3.8) is 0 Å². The van der Waals surface area contributed by atoms with E-state index in [1.807, 2.05) is 13.8 Å². The highest BCUT2D eigenvalue weighted by Crippen LogP contribution is 2.72. The van der Waals surface area contributed by atoms with Crippen molar-refractivity contribution >= 4 is 17.9 Å². The number of nitrogens with zero attached hydrogens (tertiary/aromatic N) is 1. The molecule has 5 aliphatic heterocycles. The van der Waals surface area contributed by atoms with Gasteiger partial charge in [0.05, 0.1) is 24.3 Å². The molecule has 6 fully saturated rings. The van der Waals surface area contributed by atoms with Crippen LogP contribution in [0.4, 0.5) is 0 Å². The van der Waals surface area contributed by atoms with E-state index in [1.165, 1.54) is 0 Å². The van der Waals surface area contributed by atoms with Gasteiger partial charge in [0.2, 0.25) is 0 Å². The number of ether oxygens (including phenoxy) is 3. The van der Waals surface area contributed by atoms with Crippen molar-refractivity contribution in [1.82, 2.24) is 4.90 Å². The molecule has 0 aromatic heterocycles. The van der Waals surface area contributed by atoms with Gasteiger partial charge in [-0.2, -0.15) is 0 Å². The van der Waals surface area contributed by atoms with E-state index >= 15 is 0 Å². The molecule has 0 radical (unpaired) electrons. The van der Waals surface area contributed by atoms with E-state index in [0.717, 1.165) is 38.6 Å². The van der Waals surface area contributed by atoms with Gasteiger partial charge in [-0.25, -0.2) is 0 Å². The van der Waals surface area contributed by atoms with E-state index in [4.69, 9.17) is 14.2 Å². The second-order valence-electron chi connectivity index (χ2n) is 11.0. The van der Waals surface area contributed by atoms with Gasteiger partial charge in [-0.15, -0.1) is 0 Å². The largest absolute Gasteiger partial charge is 0.461 e. The van der Waals surface area contributed by atoms with Crippen LogP contribution >= 0.6 is 0 Å². The molecule has 1 saturated carbocycles. The molecule has 0 N–H and O–H groups in total. The topological polar surface area (TPSA) is 82.1 Å². The lowest BCUT2D eigenvalue weighted by atomic mass is 9.50. The smallest absolute Gasteiger partial charge is 0.309 e. The molecule has 6 aliphatic rings. The van der Waals surface area contributed by atoms with Crippen LogP contribution in [-0.4, -0.2) is 53.3 Å². The summed E-state index contributed by atoms with van der Waals surface area (Å²) in [6, 6.07) is 0.0294. The number of esters is 3. The third kappa shape index (κ3) is 2.26. The van der Waals surface area contributed by atoms with Crippen LogP contribution in [0.1, 0.15) is 65.7 Å². The SMILES string of the molecule is CC[C@H]1[C@@H]2OC(=O)[C@@H](C)[C@@H]2[C@]23CC(=O)O[C@]24[C@H]1CCCCN4[C@H]([C@@H]1C[C@H](C)C(=O)O1)C3. The molecule has 0 amide bonds. The first kappa shape index (κ1) is 20.0. The van der Waals surface area contributed by atoms with Gasteiger partial charge < -0.3 is 14.2 Å². The molecule has 5 saturated heterocycles. The third-order valence-corrected chi connectivity index (χ3v) is 9.76. The summed E-state index contributed by atoms with van der Waals surface area (Å²) < 4.78 is 18.4. The summed E-state index contributed by atoms with van der Waals surface area (Å²) in [6.45, 7) is 6.91. The van der Waals surface area contributed by atoms with E-state index in [2.05, 4.69) is 11.8 Å². The summed E-state index contributed by atoms with van der Waals surface area (Å²) >= 11 is 0. The minimum atomic E-state index is -0.701. The number of cyclic esters (lactones) is 1. The van der Waals surface area contributed by atoms with Crippen LogP contribution in [0.15, 0.2) is 0 Å². The molecule has 0 aromatic carbocycles. The van der Waals surface area contributed by atoms with Crippen molar-refractivity contribution in [3.8, 4) is 0 Å². The quantitative estimate of drug-likeness (QED) is 0.491. The Bertz CT molecular complexity index is 844. The summed E-state index contributed by atoms with van der Waals surface area (Å²) in [7, 11) is 0. The Hall–Kier alpha value is -1.63. The zero-order valence-corrected chi connectivity index (χ0v) is 18.7. The average molecular weight is 432 g/mol. The van der Waals surface area contributed by atoms with Gasteiger partial charge in [0.15, 0.2) is 5.72 Å². The van der Waals surface area contributed by atoms with Crippen LogP contribution in [0, 0.1) is 35.0 Å². The molecule has 31 heavy (non-hydrogen) atoms. The maximum absolute atomic E-state index is 13.0. The van der Waals surface area contributed by atoms with Crippen molar-refractivity contribution < 1.29 is 28.6 Å². The fourth-order valence-corrected chi connectivity index (χ4v) is 8.78. The number of hydrogen-bond donors (Lipinski definition) is 0. The van der Waals surface area contributed by atoms with Crippen LogP contribution in [0.5, 0.6) is 0 Å². The first-order valence-corrected chi connectivity index (χ1v) is 12.2. The van der Waals surface area contributed by atoms with Crippen molar-refractivity contribution in [3.05, 3.63) is 0 Å². The molecule has 5 heterocycles. The van der Waals surface area contributed by atoms with Gasteiger partial charge in [-0.3, -0.25) is 19.3 Å². The zero-order chi connectivity index (χ0) is 21.7. The number of carbonyl (C=O) groups is 3. The summed E-state index contributed by atoms with van der Waals surface area (Å²) in [5.41, 5.74) is -1.16. The van der Waals surface area contributed by atoms with Crippen molar-refractivity contribution in [1.29, 1.82) is 0 Å². The molecule has 6 rings (SSSR count). The van der Waals surface area contributed by atoms with E-state index in [1.54, 1.807) is 0 Å². The zero-order valence-electron chi connectivity index (χ0n) is 18.7. The van der Waals surface area contributed by atoms with Crippen molar-refractivity contribution in [2.24, 2.45) is 35.0 Å². The van der Waals surface area contributed by atoms with Crippen LogP contribution < -0.4 is 0 Å². The second kappa shape index (κ2) is 6.46. The first-order valence-electron chi connectivity index (χ1n) is 12.2. The van der Waals surface area contributed by atoms with Crippen LogP contribution in [0.2, 0.25) is 0 Å². The van der Waals surface area contributed by atoms with E-state index in [-0.39, 0.29) is 65.7 Å². The predicted octanol–water partition coefficient (Wildman–Crippen LogP) is 2.66. The highest BCUT2D eigenvalue weighted by atomic mass is 16.6. The molecule has 170 valence electrons. The van der Waals surface area contributed by atoms with Gasteiger partial charge in [0, 0.05) is 29.7 Å². The third-order valence-electron chi connectivity index (χ3n) is 9.76. The van der Waals surface area contributed by atoms with Crippen LogP contribution in [0.25, 0.3) is 0 Å². The lowest BCUT2D eigenvalue weighted by Crippen LogP contribution is -2.68. The Morgan fingerprint density at radius 3 is 2.61 bits per heavy atom. The van der Waals surface area contributed by atoms with E-state index < -0.39 is 11.1 Å². The maximum atomic E-state index is 13.0. The highest BCUT2D eigenvalue weighted by molar-refractivity contribution is 5.79. The van der Waals surface area contributed by atoms with Crippen LogP contribution in [-0.2, 0) is 28.6 Å². The van der Waals surface area contributed by atoms with E-state index in [9.17, 15) is 14.4 Å². The Morgan fingerprint density at radius 2 is 1.90 bits per heavy atom. The summed E-state index contributed by atoms with van der Waals surface area (Å²) in [4.78, 5) is 40.5. The Morgan fingerprint density at radius 1 is 1.10 bits per heavy atom. The van der Waals surface area contributed by atoms with Gasteiger partial charge in [-0.05, 0) is 32.1 Å². The predicted molar refractivity (Wildman–Crippen MR) is 108 cm³/mol. The second-order valence-corrected chi connectivity index (χ2v) is 11.0. The standard InChI is InChI=1S/C24H33NO6/c1-4-14-15-7-5-6-8-25-16(17-9-12(2)21(27)29-17)10-23(11-18(26)31-24(15,23)25)19-13(3)22(28)30-20(14)19/h12-17,19-20H,4-11H2,1-3H3/t12-,13-,14+,15-,16-,17-,19-,20-,23-,24+/m0/s1. The molecule has 0 unspecified atom stereocenters. The fraction of sp³-hybridized carbons (Fsp3) is 0.875. The Kier molecular flexibility index (Phi) is 4.17. The molecule has 7 nitrogen and oxygen atoms in total. The average Bonchev–Trinajstić information content (AvgIpc) is 3.34. The Labute approximate surface area is 183 Å². The van der Waals surface area contributed by atoms with E-state index in [0.29, 0.717) is 12.8 Å². The summed E-state index contributed by atoms with van der Waals surface area (Å²) in [5, 5.41) is 0. The maximum Gasteiger partial charge on any atom is 0.309 e. The summed E-state index contributed by atoms with van der Waals surface area (Å²) in [6.07, 6.45) is 5.45. The van der Waals surface area contributed by atoms with Crippen molar-refractivity contribution in [2.75, 3.05) is 6.54 Å². The number of carbonyl (C=O) groups excluding carboxylic acids is 3. The number of hydrogen-bond acceptors (Lipinski definition) is 7. The number of rotatable bonds is 2. The number of fused-ring (bicyclic) bond motifs is 1. The van der Waals surface area contributed by atoms with Gasteiger partial charge in [-0.1, -0.05) is 27.2 Å². The molecular weight excluding hydrogens is 398 g/mol. The highest BCUT2D eigenvalue weighted by Gasteiger charge is 2.82. The van der Waals surface area contributed by atoms with Crippen LogP contribution in [0.3, 0.4) is 0 Å². The molecule has 1 aliphatic carbocycles. The molecular formula is C24H33NO6. The van der Waals surface area contributed by atoms with Gasteiger partial charge in [0.25, 0.3) is 0 Å². The Balaban J connectivity index is 1.53. The molecule has 1 spiro atoms. The molecule has 10 atom stereocenters. The molecule has 0 aromatic rings. The monoisotopic (exact) mass is 431 g/mol. The normalized spacial score (nSPS) is 53.3. The van der Waals surface area contributed by atoms with Gasteiger partial charge in [0.1, 0.15) is 12.2 Å². The first-order chi connectivity index (χ1) is 14.8. The molecule has 7 heteroatoms. The minimum Gasteiger partial charge on any atom is -0.461 e. The lowest BCUT2D eigenvalue weighted by Gasteiger charge is -2.57. The summed E-state index contributed by atoms with van der Waals surface area (Å²) in [5.74, 6) is -0.459. The van der Waals surface area contributed by atoms with Crippen molar-refractivity contribution in [2.45, 2.75) is 89.7 Å². The van der Waals surface area contributed by atoms with Gasteiger partial charge >= 0.3 is 17.9 Å². The lowest BCUT2D eigenvalue weighted by molar-refractivity contribution is -0.247.